The van der Waals surface area contributed by atoms with Crippen LogP contribution >= 0.6 is 0 Å². The molecule has 150 valence electrons. The lowest BCUT2D eigenvalue weighted by molar-refractivity contribution is 0.493. The fourth-order valence-corrected chi connectivity index (χ4v) is 4.06. The number of hydrogen-bond donors (Lipinski definition) is 1. The molecule has 0 unspecified atom stereocenters. The predicted molar refractivity (Wildman–Crippen MR) is 115 cm³/mol. The molecule has 3 aromatic carbocycles. The zero-order chi connectivity index (χ0) is 20.3. The maximum Gasteiger partial charge on any atom is 0.247 e. The smallest absolute Gasteiger partial charge is 0.247 e. The summed E-state index contributed by atoms with van der Waals surface area (Å²) in [5.74, 6) is 0.647. The minimum atomic E-state index is -0.371. The number of hydrogen-bond acceptors (Lipinski definition) is 4. The second-order valence-corrected chi connectivity index (χ2v) is 7.59. The number of fused-ring (bicyclic) bond motifs is 1. The monoisotopic (exact) mass is 399 g/mol. The zero-order valence-electron chi connectivity index (χ0n) is 16.5. The van der Waals surface area contributed by atoms with Gasteiger partial charge in [0.1, 0.15) is 11.9 Å². The number of nitrogens with zero attached hydrogens (tertiary/aromatic N) is 2. The van der Waals surface area contributed by atoms with Crippen LogP contribution in [0.1, 0.15) is 41.5 Å². The topological polar surface area (TPSA) is 51.0 Å². The molecule has 0 saturated carbocycles. The van der Waals surface area contributed by atoms with E-state index in [1.54, 1.807) is 12.1 Å². The molecule has 0 spiro atoms. The van der Waals surface area contributed by atoms with Gasteiger partial charge in [-0.05, 0) is 72.7 Å². The molecule has 0 radical (unpaired) electrons. The van der Waals surface area contributed by atoms with Crippen molar-refractivity contribution >= 4 is 5.69 Å². The maximum atomic E-state index is 13.6. The minimum absolute atomic E-state index is 0.273. The molecule has 1 aromatic heterocycles. The van der Waals surface area contributed by atoms with Gasteiger partial charge in [0.05, 0.1) is 0 Å². The number of anilines is 1. The Hall–Kier alpha value is -3.47. The Morgan fingerprint density at radius 3 is 2.47 bits per heavy atom. The number of rotatable bonds is 5. The van der Waals surface area contributed by atoms with Crippen molar-refractivity contribution in [2.75, 3.05) is 5.32 Å². The quantitative estimate of drug-likeness (QED) is 0.450. The molecule has 5 heteroatoms. The van der Waals surface area contributed by atoms with Crippen molar-refractivity contribution in [3.8, 4) is 11.5 Å². The molecule has 30 heavy (non-hydrogen) atoms. The van der Waals surface area contributed by atoms with E-state index in [1.807, 2.05) is 30.3 Å². The van der Waals surface area contributed by atoms with E-state index in [2.05, 4.69) is 33.7 Å². The number of halogens is 1. The molecule has 1 N–H and O–H groups in total. The summed E-state index contributed by atoms with van der Waals surface area (Å²) < 4.78 is 19.6. The molecule has 0 aliphatic heterocycles. The molecular weight excluding hydrogens is 377 g/mol. The van der Waals surface area contributed by atoms with Crippen molar-refractivity contribution in [3.63, 3.8) is 0 Å². The first kappa shape index (κ1) is 18.6. The van der Waals surface area contributed by atoms with E-state index in [4.69, 9.17) is 4.42 Å². The molecule has 1 aliphatic rings. The summed E-state index contributed by atoms with van der Waals surface area (Å²) >= 11 is 0. The van der Waals surface area contributed by atoms with Gasteiger partial charge in [-0.25, -0.2) is 4.39 Å². The van der Waals surface area contributed by atoms with Gasteiger partial charge in [-0.1, -0.05) is 42.5 Å². The highest BCUT2D eigenvalue weighted by atomic mass is 19.1. The van der Waals surface area contributed by atoms with Crippen molar-refractivity contribution in [2.24, 2.45) is 0 Å². The number of nitrogens with one attached hydrogen (secondary N) is 1. The van der Waals surface area contributed by atoms with Gasteiger partial charge < -0.3 is 9.73 Å². The molecule has 0 saturated heterocycles. The van der Waals surface area contributed by atoms with Crippen LogP contribution < -0.4 is 5.32 Å². The Balaban J connectivity index is 1.54. The first-order chi connectivity index (χ1) is 14.8. The van der Waals surface area contributed by atoms with E-state index in [-0.39, 0.29) is 11.9 Å². The van der Waals surface area contributed by atoms with Crippen molar-refractivity contribution in [2.45, 2.75) is 31.7 Å². The lowest BCUT2D eigenvalue weighted by Crippen LogP contribution is -2.16. The Kier molecular flexibility index (Phi) is 5.01. The normalized spacial score (nSPS) is 14.2. The summed E-state index contributed by atoms with van der Waals surface area (Å²) in [5.41, 5.74) is 5.54. The average Bonchev–Trinajstić information content (AvgIpc) is 3.29. The fourth-order valence-electron chi connectivity index (χ4n) is 4.06. The number of benzene rings is 3. The number of aromatic nitrogens is 2. The standard InChI is InChI=1S/C25H22FN3O/c26-20-15-13-18(14-16-20)23(25-29-28-24(30-25)19-8-2-1-3-9-19)27-22-12-6-10-17-7-4-5-11-21(17)22/h1-3,6,8-10,12-16,23,27H,4-5,7,11H2/t23-/m0/s1. The van der Waals surface area contributed by atoms with Crippen LogP contribution in [0.5, 0.6) is 0 Å². The second kappa shape index (κ2) is 8.11. The molecule has 0 bridgehead atoms. The molecule has 4 nitrogen and oxygen atoms in total. The van der Waals surface area contributed by atoms with Gasteiger partial charge in [0, 0.05) is 11.3 Å². The average molecular weight is 399 g/mol. The van der Waals surface area contributed by atoms with Crippen LogP contribution in [0.3, 0.4) is 0 Å². The third kappa shape index (κ3) is 3.71. The van der Waals surface area contributed by atoms with E-state index in [0.29, 0.717) is 11.8 Å². The summed E-state index contributed by atoms with van der Waals surface area (Å²) in [5, 5.41) is 12.2. The SMILES string of the molecule is Fc1ccc([C@H](Nc2cccc3c2CCCC3)c2nnc(-c3ccccc3)o2)cc1. The van der Waals surface area contributed by atoms with Crippen LogP contribution in [-0.4, -0.2) is 10.2 Å². The van der Waals surface area contributed by atoms with Gasteiger partial charge >= 0.3 is 0 Å². The van der Waals surface area contributed by atoms with Gasteiger partial charge in [-0.15, -0.1) is 10.2 Å². The van der Waals surface area contributed by atoms with Crippen molar-refractivity contribution in [3.05, 3.63) is 101 Å². The number of aryl methyl sites for hydroxylation is 1. The van der Waals surface area contributed by atoms with Crippen LogP contribution in [0.15, 0.2) is 77.2 Å². The van der Waals surface area contributed by atoms with Gasteiger partial charge in [0.2, 0.25) is 11.8 Å². The summed E-state index contributed by atoms with van der Waals surface area (Å²) in [4.78, 5) is 0. The van der Waals surface area contributed by atoms with E-state index in [0.717, 1.165) is 29.7 Å². The lowest BCUT2D eigenvalue weighted by atomic mass is 9.90. The van der Waals surface area contributed by atoms with Gasteiger partial charge in [0.25, 0.3) is 0 Å². The third-order valence-corrected chi connectivity index (χ3v) is 5.61. The Morgan fingerprint density at radius 1 is 0.833 bits per heavy atom. The van der Waals surface area contributed by atoms with Gasteiger partial charge in [0.15, 0.2) is 0 Å². The predicted octanol–water partition coefficient (Wildman–Crippen LogP) is 5.96. The second-order valence-electron chi connectivity index (χ2n) is 7.59. The summed E-state index contributed by atoms with van der Waals surface area (Å²) in [6.07, 6.45) is 4.56. The summed E-state index contributed by atoms with van der Waals surface area (Å²) in [6, 6.07) is 22.1. The van der Waals surface area contributed by atoms with Crippen LogP contribution in [-0.2, 0) is 12.8 Å². The van der Waals surface area contributed by atoms with Crippen LogP contribution in [0, 0.1) is 5.82 Å². The van der Waals surface area contributed by atoms with E-state index < -0.39 is 0 Å². The van der Waals surface area contributed by atoms with Crippen molar-refractivity contribution < 1.29 is 8.81 Å². The van der Waals surface area contributed by atoms with Crippen molar-refractivity contribution in [1.29, 1.82) is 0 Å². The molecular formula is C25H22FN3O. The van der Waals surface area contributed by atoms with E-state index in [1.165, 1.54) is 36.1 Å². The van der Waals surface area contributed by atoms with Gasteiger partial charge in [-0.3, -0.25) is 0 Å². The highest BCUT2D eigenvalue weighted by Gasteiger charge is 2.23. The molecule has 4 aromatic rings. The fraction of sp³-hybridized carbons (Fsp3) is 0.200. The Morgan fingerprint density at radius 2 is 1.63 bits per heavy atom. The summed E-state index contributed by atoms with van der Waals surface area (Å²) in [7, 11) is 0. The molecule has 1 aliphatic carbocycles. The van der Waals surface area contributed by atoms with Crippen LogP contribution in [0.4, 0.5) is 10.1 Å². The largest absolute Gasteiger partial charge is 0.418 e. The lowest BCUT2D eigenvalue weighted by Gasteiger charge is -2.23. The van der Waals surface area contributed by atoms with Crippen LogP contribution in [0.25, 0.3) is 11.5 Å². The van der Waals surface area contributed by atoms with Gasteiger partial charge in [-0.2, -0.15) is 0 Å². The third-order valence-electron chi connectivity index (χ3n) is 5.61. The zero-order valence-corrected chi connectivity index (χ0v) is 16.5. The molecule has 0 amide bonds. The van der Waals surface area contributed by atoms with Crippen molar-refractivity contribution in [1.82, 2.24) is 10.2 Å². The Bertz CT molecular complexity index is 1140. The molecule has 1 atom stereocenters. The highest BCUT2D eigenvalue weighted by molar-refractivity contribution is 5.58. The summed E-state index contributed by atoms with van der Waals surface area (Å²) in [6.45, 7) is 0. The first-order valence-corrected chi connectivity index (χ1v) is 10.3. The molecule has 5 rings (SSSR count). The highest BCUT2D eigenvalue weighted by Crippen LogP contribution is 2.33. The Labute approximate surface area is 174 Å². The molecule has 1 heterocycles. The van der Waals surface area contributed by atoms with E-state index >= 15 is 0 Å². The first-order valence-electron chi connectivity index (χ1n) is 10.3. The van der Waals surface area contributed by atoms with E-state index in [9.17, 15) is 4.39 Å². The van der Waals surface area contributed by atoms with Crippen LogP contribution in [0.2, 0.25) is 0 Å². The minimum Gasteiger partial charge on any atom is -0.418 e. The molecule has 0 fully saturated rings. The maximum absolute atomic E-state index is 13.6.